The van der Waals surface area contributed by atoms with Gasteiger partial charge in [0.25, 0.3) is 0 Å². The van der Waals surface area contributed by atoms with E-state index in [9.17, 15) is 9.59 Å². The van der Waals surface area contributed by atoms with Crippen LogP contribution in [0.2, 0.25) is 0 Å². The molecule has 4 heteroatoms. The van der Waals surface area contributed by atoms with E-state index >= 15 is 0 Å². The molecule has 0 spiro atoms. The van der Waals surface area contributed by atoms with Crippen LogP contribution in [0.25, 0.3) is 0 Å². The second kappa shape index (κ2) is 7.65. The van der Waals surface area contributed by atoms with E-state index in [0.717, 1.165) is 38.6 Å². The van der Waals surface area contributed by atoms with Crippen LogP contribution in [0.15, 0.2) is 0 Å². The first-order chi connectivity index (χ1) is 9.72. The van der Waals surface area contributed by atoms with Crippen molar-refractivity contribution in [2.45, 2.75) is 70.8 Å². The number of unbranched alkanes of at least 4 members (excludes halogenated alkanes) is 1. The third kappa shape index (κ3) is 4.50. The Kier molecular flexibility index (Phi) is 5.86. The van der Waals surface area contributed by atoms with Crippen LogP contribution < -0.4 is 10.6 Å². The minimum Gasteiger partial charge on any atom is -0.356 e. The highest BCUT2D eigenvalue weighted by Crippen LogP contribution is 2.39. The van der Waals surface area contributed by atoms with Crippen molar-refractivity contribution < 1.29 is 9.59 Å². The Morgan fingerprint density at radius 1 is 1.00 bits per heavy atom. The zero-order valence-corrected chi connectivity index (χ0v) is 12.6. The maximum atomic E-state index is 12.1. The van der Waals surface area contributed by atoms with Gasteiger partial charge in [0.05, 0.1) is 11.8 Å². The van der Waals surface area contributed by atoms with Gasteiger partial charge in [0, 0.05) is 12.6 Å². The summed E-state index contributed by atoms with van der Waals surface area (Å²) in [6, 6.07) is 0.342. The first-order valence-corrected chi connectivity index (χ1v) is 8.30. The molecule has 0 aromatic carbocycles. The lowest BCUT2D eigenvalue weighted by Crippen LogP contribution is -2.37. The van der Waals surface area contributed by atoms with Crippen molar-refractivity contribution in [2.75, 3.05) is 6.54 Å². The summed E-state index contributed by atoms with van der Waals surface area (Å²) < 4.78 is 0. The largest absolute Gasteiger partial charge is 0.356 e. The molecule has 0 saturated heterocycles. The first kappa shape index (κ1) is 15.3. The smallest absolute Gasteiger partial charge is 0.224 e. The monoisotopic (exact) mass is 280 g/mol. The summed E-state index contributed by atoms with van der Waals surface area (Å²) in [6.45, 7) is 2.84. The normalized spacial score (nSPS) is 26.6. The van der Waals surface area contributed by atoms with E-state index in [1.54, 1.807) is 0 Å². The molecule has 0 aliphatic heterocycles. The van der Waals surface area contributed by atoms with Gasteiger partial charge in [0.15, 0.2) is 0 Å². The quantitative estimate of drug-likeness (QED) is 0.580. The molecule has 2 aliphatic carbocycles. The van der Waals surface area contributed by atoms with E-state index in [2.05, 4.69) is 17.6 Å². The maximum Gasteiger partial charge on any atom is 0.224 e. The summed E-state index contributed by atoms with van der Waals surface area (Å²) in [5.74, 6) is 0.0320. The van der Waals surface area contributed by atoms with E-state index in [-0.39, 0.29) is 23.7 Å². The number of carbonyl (C=O) groups is 2. The second-order valence-electron chi connectivity index (χ2n) is 6.29. The van der Waals surface area contributed by atoms with Crippen LogP contribution in [0, 0.1) is 11.8 Å². The minimum atomic E-state index is -0.0716. The summed E-state index contributed by atoms with van der Waals surface area (Å²) >= 11 is 0. The van der Waals surface area contributed by atoms with E-state index < -0.39 is 0 Å². The van der Waals surface area contributed by atoms with Crippen molar-refractivity contribution in [3.05, 3.63) is 0 Å². The fourth-order valence-electron chi connectivity index (χ4n) is 3.03. The number of hydrogen-bond acceptors (Lipinski definition) is 2. The molecule has 2 amide bonds. The molecule has 2 saturated carbocycles. The van der Waals surface area contributed by atoms with Gasteiger partial charge >= 0.3 is 0 Å². The lowest BCUT2D eigenvalue weighted by atomic mass is 10.1. The Labute approximate surface area is 122 Å². The number of rotatable bonds is 6. The summed E-state index contributed by atoms with van der Waals surface area (Å²) in [5, 5.41) is 6.08. The van der Waals surface area contributed by atoms with E-state index in [0.29, 0.717) is 6.04 Å². The average molecular weight is 280 g/mol. The molecule has 0 heterocycles. The van der Waals surface area contributed by atoms with Crippen molar-refractivity contribution in [3.63, 3.8) is 0 Å². The molecule has 4 nitrogen and oxygen atoms in total. The van der Waals surface area contributed by atoms with Crippen LogP contribution in [0.1, 0.15) is 64.7 Å². The molecule has 2 rings (SSSR count). The third-order valence-corrected chi connectivity index (χ3v) is 4.50. The van der Waals surface area contributed by atoms with Crippen LogP contribution in [-0.4, -0.2) is 24.4 Å². The fraction of sp³-hybridized carbons (Fsp3) is 0.875. The number of carbonyl (C=O) groups excluding carboxylic acids is 2. The molecular weight excluding hydrogens is 252 g/mol. The first-order valence-electron chi connectivity index (χ1n) is 8.30. The Morgan fingerprint density at radius 3 is 2.30 bits per heavy atom. The third-order valence-electron chi connectivity index (χ3n) is 4.50. The summed E-state index contributed by atoms with van der Waals surface area (Å²) in [7, 11) is 0. The van der Waals surface area contributed by atoms with Gasteiger partial charge in [-0.05, 0) is 25.7 Å². The maximum absolute atomic E-state index is 12.1. The topological polar surface area (TPSA) is 58.2 Å². The molecule has 0 bridgehead atoms. The molecule has 2 atom stereocenters. The molecule has 2 aliphatic rings. The van der Waals surface area contributed by atoms with Crippen LogP contribution in [0.4, 0.5) is 0 Å². The average Bonchev–Trinajstić information content (AvgIpc) is 3.23. The number of hydrogen-bond donors (Lipinski definition) is 2. The number of nitrogens with one attached hydrogen (secondary N) is 2. The number of amides is 2. The zero-order chi connectivity index (χ0) is 14.4. The Morgan fingerprint density at radius 2 is 1.65 bits per heavy atom. The van der Waals surface area contributed by atoms with Crippen molar-refractivity contribution in [1.29, 1.82) is 0 Å². The van der Waals surface area contributed by atoms with Gasteiger partial charge in [0.2, 0.25) is 11.8 Å². The van der Waals surface area contributed by atoms with Gasteiger partial charge in [-0.25, -0.2) is 0 Å². The Balaban J connectivity index is 1.68. The predicted molar refractivity (Wildman–Crippen MR) is 79.1 cm³/mol. The van der Waals surface area contributed by atoms with Gasteiger partial charge in [-0.3, -0.25) is 9.59 Å². The molecule has 2 N–H and O–H groups in total. The van der Waals surface area contributed by atoms with Gasteiger partial charge < -0.3 is 10.6 Å². The second-order valence-corrected chi connectivity index (χ2v) is 6.29. The van der Waals surface area contributed by atoms with Gasteiger partial charge in [0.1, 0.15) is 0 Å². The van der Waals surface area contributed by atoms with Crippen LogP contribution in [-0.2, 0) is 9.59 Å². The highest BCUT2D eigenvalue weighted by molar-refractivity contribution is 5.92. The van der Waals surface area contributed by atoms with Crippen LogP contribution >= 0.6 is 0 Å². The van der Waals surface area contributed by atoms with E-state index in [4.69, 9.17) is 0 Å². The van der Waals surface area contributed by atoms with Gasteiger partial charge in [-0.15, -0.1) is 0 Å². The van der Waals surface area contributed by atoms with E-state index in [1.807, 2.05) is 0 Å². The molecule has 2 unspecified atom stereocenters. The van der Waals surface area contributed by atoms with Crippen molar-refractivity contribution in [2.24, 2.45) is 11.8 Å². The van der Waals surface area contributed by atoms with Crippen LogP contribution in [0.5, 0.6) is 0 Å². The molecule has 0 radical (unpaired) electrons. The lowest BCUT2D eigenvalue weighted by molar-refractivity contribution is -0.127. The standard InChI is InChI=1S/C16H28N2O2/c1-2-3-10-17-15(19)13-11-14(13)16(20)18-12-8-6-4-5-7-9-12/h12-14H,2-11H2,1H3,(H,17,19)(H,18,20). The zero-order valence-electron chi connectivity index (χ0n) is 12.6. The predicted octanol–water partition coefficient (Wildman–Crippen LogP) is 2.38. The Bertz CT molecular complexity index is 335. The highest BCUT2D eigenvalue weighted by Gasteiger charge is 2.48. The highest BCUT2D eigenvalue weighted by atomic mass is 16.2. The molecule has 20 heavy (non-hydrogen) atoms. The molecule has 114 valence electrons. The summed E-state index contributed by atoms with van der Waals surface area (Å²) in [5.41, 5.74) is 0. The lowest BCUT2D eigenvalue weighted by Gasteiger charge is -2.16. The fourth-order valence-corrected chi connectivity index (χ4v) is 3.03. The molecule has 2 fully saturated rings. The van der Waals surface area contributed by atoms with Crippen molar-refractivity contribution in [1.82, 2.24) is 10.6 Å². The summed E-state index contributed by atoms with van der Waals surface area (Å²) in [6.07, 6.45) is 10.0. The summed E-state index contributed by atoms with van der Waals surface area (Å²) in [4.78, 5) is 24.0. The minimum absolute atomic E-state index is 0.0690. The van der Waals surface area contributed by atoms with Gasteiger partial charge in [-0.1, -0.05) is 39.0 Å². The van der Waals surface area contributed by atoms with Crippen molar-refractivity contribution in [3.8, 4) is 0 Å². The van der Waals surface area contributed by atoms with E-state index in [1.165, 1.54) is 25.7 Å². The van der Waals surface area contributed by atoms with Crippen molar-refractivity contribution >= 4 is 11.8 Å². The Hall–Kier alpha value is -1.06. The SMILES string of the molecule is CCCCNC(=O)C1CC1C(=O)NC1CCCCCC1. The molecule has 0 aromatic heterocycles. The molecular formula is C16H28N2O2. The molecule has 0 aromatic rings. The van der Waals surface area contributed by atoms with Crippen LogP contribution in [0.3, 0.4) is 0 Å². The van der Waals surface area contributed by atoms with Gasteiger partial charge in [-0.2, -0.15) is 0 Å².